The SMILES string of the molecule is O=C(Cn1nc(C(F)F)c2c1C(F)(F)C13CC21C3)N[C@@H](Cc1cc(F)cc(F)c1)c1ncc2[nH]cnc2c1-c1ccc2scnc2c1. The lowest BCUT2D eigenvalue weighted by Crippen LogP contribution is -2.35. The summed E-state index contributed by atoms with van der Waals surface area (Å²) in [7, 11) is 0. The van der Waals surface area contributed by atoms with Crippen LogP contribution in [0.1, 0.15) is 53.5 Å². The van der Waals surface area contributed by atoms with Crippen LogP contribution in [0.25, 0.3) is 32.4 Å². The van der Waals surface area contributed by atoms with E-state index in [9.17, 15) is 22.4 Å². The molecule has 15 heteroatoms. The number of H-pyrrole nitrogens is 1. The molecule has 1 amide bonds. The highest BCUT2D eigenvalue weighted by atomic mass is 32.1. The number of pyridine rings is 1. The van der Waals surface area contributed by atoms with Crippen molar-refractivity contribution in [2.75, 3.05) is 0 Å². The zero-order valence-corrected chi connectivity index (χ0v) is 24.8. The summed E-state index contributed by atoms with van der Waals surface area (Å²) in [6, 6.07) is 7.42. The number of amides is 1. The highest BCUT2D eigenvalue weighted by Gasteiger charge is 2.98. The number of halogens is 6. The van der Waals surface area contributed by atoms with Crippen molar-refractivity contribution in [3.8, 4) is 11.1 Å². The zero-order valence-electron chi connectivity index (χ0n) is 24.0. The maximum absolute atomic E-state index is 15.6. The quantitative estimate of drug-likeness (QED) is 0.173. The molecular weight excluding hydrogens is 644 g/mol. The number of aromatic amines is 1. The molecule has 2 N–H and O–H groups in total. The molecule has 9 rings (SSSR count). The summed E-state index contributed by atoms with van der Waals surface area (Å²) in [5, 5.41) is 6.59. The Labute approximate surface area is 264 Å². The molecule has 2 saturated carbocycles. The Bertz CT molecular complexity index is 2270. The number of carbonyl (C=O) groups is 1. The summed E-state index contributed by atoms with van der Waals surface area (Å²) < 4.78 is 89.4. The minimum Gasteiger partial charge on any atom is -0.346 e. The van der Waals surface area contributed by atoms with Crippen molar-refractivity contribution < 1.29 is 31.1 Å². The number of nitrogens with one attached hydrogen (secondary N) is 2. The summed E-state index contributed by atoms with van der Waals surface area (Å²) in [6.45, 7) is -0.782. The van der Waals surface area contributed by atoms with Crippen LogP contribution in [0.3, 0.4) is 0 Å². The van der Waals surface area contributed by atoms with Gasteiger partial charge in [0.05, 0.1) is 56.4 Å². The largest absolute Gasteiger partial charge is 0.346 e. The van der Waals surface area contributed by atoms with Crippen LogP contribution in [0, 0.1) is 17.0 Å². The first-order chi connectivity index (χ1) is 22.5. The molecule has 3 aliphatic rings. The van der Waals surface area contributed by atoms with E-state index < -0.39 is 64.7 Å². The van der Waals surface area contributed by atoms with E-state index in [-0.39, 0.29) is 36.1 Å². The standard InChI is InChI=1S/C32H21F6N7OS/c33-16-3-14(4-17(34)7-16)5-19(25-23(26-20(8-39-25)40-12-41-26)15-1-2-21-18(6-15)42-13-47-21)43-22(46)9-45-28-24(27(44-45)29(35)36)30-10-31(30,11-30)32(28,37)38/h1-4,6-8,12-13,19,29H,5,9-11H2,(H,40,41)(H,43,46)/t19-,30?,31?/m0/s1. The van der Waals surface area contributed by atoms with Gasteiger partial charge >= 0.3 is 0 Å². The molecule has 2 fully saturated rings. The number of hydrogen-bond acceptors (Lipinski definition) is 6. The number of rotatable bonds is 8. The monoisotopic (exact) mass is 665 g/mol. The van der Waals surface area contributed by atoms with E-state index in [1.54, 1.807) is 5.51 Å². The van der Waals surface area contributed by atoms with Crippen molar-refractivity contribution in [1.82, 2.24) is 35.0 Å². The lowest BCUT2D eigenvalue weighted by atomic mass is 9.93. The van der Waals surface area contributed by atoms with Gasteiger partial charge in [-0.25, -0.2) is 27.5 Å². The van der Waals surface area contributed by atoms with Gasteiger partial charge in [0.2, 0.25) is 5.91 Å². The van der Waals surface area contributed by atoms with Gasteiger partial charge in [0.25, 0.3) is 12.3 Å². The Morgan fingerprint density at radius 2 is 1.83 bits per heavy atom. The van der Waals surface area contributed by atoms with Gasteiger partial charge in [-0.1, -0.05) is 6.07 Å². The number of imidazole rings is 1. The minimum atomic E-state index is -3.41. The number of alkyl halides is 4. The maximum atomic E-state index is 15.6. The number of benzene rings is 2. The van der Waals surface area contributed by atoms with Crippen LogP contribution in [0.2, 0.25) is 0 Å². The van der Waals surface area contributed by atoms with Gasteiger partial charge in [-0.15, -0.1) is 11.3 Å². The Morgan fingerprint density at radius 1 is 1.04 bits per heavy atom. The highest BCUT2D eigenvalue weighted by Crippen LogP contribution is 2.96. The second kappa shape index (κ2) is 9.40. The first-order valence-corrected chi connectivity index (χ1v) is 15.6. The van der Waals surface area contributed by atoms with Crippen molar-refractivity contribution in [2.45, 2.75) is 49.6 Å². The van der Waals surface area contributed by atoms with E-state index in [0.717, 1.165) is 16.8 Å². The van der Waals surface area contributed by atoms with Crippen molar-refractivity contribution in [2.24, 2.45) is 5.41 Å². The molecular formula is C32H21F6N7OS. The van der Waals surface area contributed by atoms with E-state index in [2.05, 4.69) is 30.4 Å². The van der Waals surface area contributed by atoms with Crippen LogP contribution in [0.4, 0.5) is 26.3 Å². The van der Waals surface area contributed by atoms with Crippen molar-refractivity contribution >= 4 is 38.5 Å². The third-order valence-electron chi connectivity index (χ3n) is 9.87. The predicted octanol–water partition coefficient (Wildman–Crippen LogP) is 6.88. The lowest BCUT2D eigenvalue weighted by molar-refractivity contribution is -0.123. The number of aromatic nitrogens is 6. The van der Waals surface area contributed by atoms with E-state index in [4.69, 9.17) is 0 Å². The molecule has 0 radical (unpaired) electrons. The highest BCUT2D eigenvalue weighted by molar-refractivity contribution is 7.16. The number of hydrogen-bond donors (Lipinski definition) is 2. The van der Waals surface area contributed by atoms with Gasteiger partial charge < -0.3 is 10.3 Å². The van der Waals surface area contributed by atoms with Gasteiger partial charge in [0.15, 0.2) is 0 Å². The number of carbonyl (C=O) groups excluding carboxylic acids is 1. The average molecular weight is 666 g/mol. The van der Waals surface area contributed by atoms with E-state index in [0.29, 0.717) is 38.4 Å². The molecule has 0 unspecified atom stereocenters. The van der Waals surface area contributed by atoms with Crippen LogP contribution in [-0.4, -0.2) is 35.6 Å². The smallest absolute Gasteiger partial charge is 0.296 e. The molecule has 3 aliphatic carbocycles. The normalized spacial score (nSPS) is 22.4. The van der Waals surface area contributed by atoms with E-state index >= 15 is 8.78 Å². The van der Waals surface area contributed by atoms with Crippen LogP contribution in [0.5, 0.6) is 0 Å². The molecule has 0 aliphatic heterocycles. The first-order valence-electron chi connectivity index (χ1n) is 14.7. The molecule has 8 nitrogen and oxygen atoms in total. The van der Waals surface area contributed by atoms with Crippen molar-refractivity contribution in [1.29, 1.82) is 0 Å². The third kappa shape index (κ3) is 3.92. The first kappa shape index (κ1) is 28.4. The van der Waals surface area contributed by atoms with Crippen LogP contribution in [-0.2, 0) is 29.1 Å². The van der Waals surface area contributed by atoms with E-state index in [1.165, 1.54) is 23.9 Å². The zero-order chi connectivity index (χ0) is 32.5. The predicted molar refractivity (Wildman–Crippen MR) is 158 cm³/mol. The Morgan fingerprint density at radius 3 is 2.60 bits per heavy atom. The fraction of sp³-hybridized carbons (Fsp3) is 0.281. The summed E-state index contributed by atoms with van der Waals surface area (Å²) >= 11 is 1.45. The number of fused-ring (bicyclic) bond motifs is 3. The summed E-state index contributed by atoms with van der Waals surface area (Å²) in [5.74, 6) is -5.91. The molecule has 6 aromatic rings. The summed E-state index contributed by atoms with van der Waals surface area (Å²) in [4.78, 5) is 30.2. The third-order valence-corrected chi connectivity index (χ3v) is 10.7. The van der Waals surface area contributed by atoms with Crippen molar-refractivity contribution in [3.05, 3.63) is 94.3 Å². The Balaban J connectivity index is 1.13. The van der Waals surface area contributed by atoms with E-state index in [1.807, 2.05) is 18.2 Å². The van der Waals surface area contributed by atoms with Crippen LogP contribution < -0.4 is 5.32 Å². The fourth-order valence-electron chi connectivity index (χ4n) is 7.63. The van der Waals surface area contributed by atoms with Crippen LogP contribution >= 0.6 is 11.3 Å². The molecule has 47 heavy (non-hydrogen) atoms. The maximum Gasteiger partial charge on any atom is 0.296 e. The van der Waals surface area contributed by atoms with Gasteiger partial charge in [0, 0.05) is 22.6 Å². The number of thiazole rings is 1. The average Bonchev–Trinajstić information content (AvgIpc) is 3.43. The molecule has 1 atom stereocenters. The second-order valence-corrected chi connectivity index (χ2v) is 13.4. The fourth-order valence-corrected chi connectivity index (χ4v) is 8.29. The Hall–Kier alpha value is -4.79. The second-order valence-electron chi connectivity index (χ2n) is 12.5. The molecule has 0 bridgehead atoms. The number of nitrogens with zero attached hydrogens (tertiary/aromatic N) is 5. The van der Waals surface area contributed by atoms with Gasteiger partial charge in [-0.3, -0.25) is 14.5 Å². The van der Waals surface area contributed by atoms with Gasteiger partial charge in [-0.05, 0) is 54.7 Å². The molecule has 2 aromatic carbocycles. The molecule has 4 aromatic heterocycles. The van der Waals surface area contributed by atoms with Gasteiger partial charge in [0.1, 0.15) is 29.6 Å². The molecule has 4 heterocycles. The summed E-state index contributed by atoms with van der Waals surface area (Å²) in [6.07, 6.45) is -0.0170. The Kier molecular flexibility index (Phi) is 5.68. The minimum absolute atomic E-state index is 0.126. The summed E-state index contributed by atoms with van der Waals surface area (Å²) in [5.41, 5.74) is 1.24. The molecule has 238 valence electrons. The van der Waals surface area contributed by atoms with Crippen LogP contribution in [0.15, 0.2) is 54.4 Å². The lowest BCUT2D eigenvalue weighted by Gasteiger charge is -2.24. The molecule has 0 spiro atoms. The van der Waals surface area contributed by atoms with Crippen molar-refractivity contribution in [3.63, 3.8) is 0 Å². The van der Waals surface area contributed by atoms with Gasteiger partial charge in [-0.2, -0.15) is 13.9 Å². The molecule has 0 saturated heterocycles. The topological polar surface area (TPSA) is 101 Å².